The number of rotatable bonds is 5. The second kappa shape index (κ2) is 7.67. The minimum absolute atomic E-state index is 0.193. The maximum atomic E-state index is 13.0. The van der Waals surface area contributed by atoms with Gasteiger partial charge in [-0.25, -0.2) is 0 Å². The number of fused-ring (bicyclic) bond motifs is 1. The van der Waals surface area contributed by atoms with Crippen molar-refractivity contribution in [2.75, 3.05) is 0 Å². The predicted molar refractivity (Wildman–Crippen MR) is 112 cm³/mol. The molecular weight excluding hydrogens is 378 g/mol. The number of nitrogens with zero attached hydrogens (tertiary/aromatic N) is 2. The molecule has 0 saturated carbocycles. The second-order valence-corrected chi connectivity index (χ2v) is 6.82. The molecule has 1 unspecified atom stereocenters. The average Bonchev–Trinajstić information content (AvgIpc) is 3.46. The van der Waals surface area contributed by atoms with E-state index in [0.29, 0.717) is 11.5 Å². The van der Waals surface area contributed by atoms with Gasteiger partial charge in [0.05, 0.1) is 0 Å². The number of nitrogens with one attached hydrogen (secondary N) is 1. The SMILES string of the molecule is O=C(NC(c1ccccc1)c1cc2ccccc2o1)c1cc(-c2ccncc2)on1. The van der Waals surface area contributed by atoms with Crippen LogP contribution < -0.4 is 5.32 Å². The molecule has 0 bridgehead atoms. The first-order chi connectivity index (χ1) is 14.8. The van der Waals surface area contributed by atoms with Gasteiger partial charge in [0.2, 0.25) is 0 Å². The number of hydrogen-bond acceptors (Lipinski definition) is 5. The number of benzene rings is 2. The fraction of sp³-hybridized carbons (Fsp3) is 0.0417. The Morgan fingerprint density at radius 2 is 1.67 bits per heavy atom. The number of carbonyl (C=O) groups excluding carboxylic acids is 1. The summed E-state index contributed by atoms with van der Waals surface area (Å²) in [5.74, 6) is 0.796. The van der Waals surface area contributed by atoms with Crippen LogP contribution in [0.5, 0.6) is 0 Å². The molecule has 1 amide bonds. The van der Waals surface area contributed by atoms with Crippen LogP contribution in [0.4, 0.5) is 0 Å². The monoisotopic (exact) mass is 395 g/mol. The van der Waals surface area contributed by atoms with E-state index in [1.807, 2.05) is 60.7 Å². The van der Waals surface area contributed by atoms with Gasteiger partial charge in [0.1, 0.15) is 17.4 Å². The van der Waals surface area contributed by atoms with Crippen LogP contribution in [0.2, 0.25) is 0 Å². The standard InChI is InChI=1S/C24H17N3O3/c28-24(19-15-21(30-27-19)16-10-12-25-13-11-16)26-23(17-6-2-1-3-7-17)22-14-18-8-4-5-9-20(18)29-22/h1-15,23H,(H,26,28). The van der Waals surface area contributed by atoms with Crippen LogP contribution >= 0.6 is 0 Å². The summed E-state index contributed by atoms with van der Waals surface area (Å²) in [4.78, 5) is 17.0. The van der Waals surface area contributed by atoms with Gasteiger partial charge in [0.25, 0.3) is 5.91 Å². The molecule has 0 radical (unpaired) electrons. The molecule has 0 saturated heterocycles. The number of pyridine rings is 1. The first-order valence-corrected chi connectivity index (χ1v) is 9.49. The summed E-state index contributed by atoms with van der Waals surface area (Å²) in [6.45, 7) is 0. The Morgan fingerprint density at radius 1 is 0.900 bits per heavy atom. The van der Waals surface area contributed by atoms with Crippen molar-refractivity contribution < 1.29 is 13.7 Å². The van der Waals surface area contributed by atoms with Crippen LogP contribution in [0.3, 0.4) is 0 Å². The zero-order valence-electron chi connectivity index (χ0n) is 15.9. The smallest absolute Gasteiger partial charge is 0.274 e. The van der Waals surface area contributed by atoms with Crippen LogP contribution in [-0.2, 0) is 0 Å². The summed E-state index contributed by atoms with van der Waals surface area (Å²) in [6, 6.07) is 24.1. The lowest BCUT2D eigenvalue weighted by Crippen LogP contribution is -2.29. The molecule has 0 aliphatic rings. The molecule has 1 atom stereocenters. The molecule has 5 rings (SSSR count). The van der Waals surface area contributed by atoms with Gasteiger partial charge in [-0.15, -0.1) is 0 Å². The van der Waals surface area contributed by atoms with E-state index in [2.05, 4.69) is 15.5 Å². The van der Waals surface area contributed by atoms with Gasteiger partial charge in [0.15, 0.2) is 11.5 Å². The van der Waals surface area contributed by atoms with Gasteiger partial charge >= 0.3 is 0 Å². The first kappa shape index (κ1) is 17.9. The fourth-order valence-corrected chi connectivity index (χ4v) is 3.35. The molecule has 6 nitrogen and oxygen atoms in total. The number of para-hydroxylation sites is 1. The molecule has 0 fully saturated rings. The van der Waals surface area contributed by atoms with Crippen LogP contribution in [0.25, 0.3) is 22.3 Å². The predicted octanol–water partition coefficient (Wildman–Crippen LogP) is 5.00. The Balaban J connectivity index is 1.47. The highest BCUT2D eigenvalue weighted by Crippen LogP contribution is 2.29. The van der Waals surface area contributed by atoms with Crippen molar-refractivity contribution in [2.24, 2.45) is 0 Å². The molecule has 2 aromatic carbocycles. The lowest BCUT2D eigenvalue weighted by molar-refractivity contribution is 0.0930. The topological polar surface area (TPSA) is 81.2 Å². The van der Waals surface area contributed by atoms with E-state index in [4.69, 9.17) is 8.94 Å². The van der Waals surface area contributed by atoms with Crippen LogP contribution in [0.1, 0.15) is 27.9 Å². The molecule has 6 heteroatoms. The number of hydrogen-bond donors (Lipinski definition) is 1. The van der Waals surface area contributed by atoms with Crippen LogP contribution in [0, 0.1) is 0 Å². The fourth-order valence-electron chi connectivity index (χ4n) is 3.35. The maximum absolute atomic E-state index is 13.0. The second-order valence-electron chi connectivity index (χ2n) is 6.82. The Kier molecular flexibility index (Phi) is 4.57. The Morgan fingerprint density at radius 3 is 2.47 bits per heavy atom. The minimum atomic E-state index is -0.466. The van der Waals surface area contributed by atoms with E-state index < -0.39 is 6.04 Å². The lowest BCUT2D eigenvalue weighted by Gasteiger charge is -2.16. The Hall–Kier alpha value is -4.19. The van der Waals surface area contributed by atoms with E-state index in [0.717, 1.165) is 22.1 Å². The third kappa shape index (κ3) is 3.46. The van der Waals surface area contributed by atoms with E-state index >= 15 is 0 Å². The molecule has 0 aliphatic carbocycles. The van der Waals surface area contributed by atoms with E-state index in [9.17, 15) is 4.79 Å². The average molecular weight is 395 g/mol. The Labute approximate surface area is 172 Å². The highest BCUT2D eigenvalue weighted by molar-refractivity contribution is 5.93. The number of amides is 1. The molecule has 1 N–H and O–H groups in total. The van der Waals surface area contributed by atoms with Crippen molar-refractivity contribution in [3.8, 4) is 11.3 Å². The third-order valence-corrected chi connectivity index (χ3v) is 4.85. The molecule has 30 heavy (non-hydrogen) atoms. The summed E-state index contributed by atoms with van der Waals surface area (Å²) in [6.07, 6.45) is 3.31. The first-order valence-electron chi connectivity index (χ1n) is 9.49. The van der Waals surface area contributed by atoms with Gasteiger partial charge in [-0.05, 0) is 29.8 Å². The summed E-state index contributed by atoms with van der Waals surface area (Å²) in [5, 5.41) is 7.94. The highest BCUT2D eigenvalue weighted by Gasteiger charge is 2.23. The van der Waals surface area contributed by atoms with Crippen molar-refractivity contribution in [1.29, 1.82) is 0 Å². The third-order valence-electron chi connectivity index (χ3n) is 4.85. The van der Waals surface area contributed by atoms with Crippen molar-refractivity contribution in [3.05, 3.63) is 108 Å². The van der Waals surface area contributed by atoms with E-state index in [1.165, 1.54) is 0 Å². The van der Waals surface area contributed by atoms with E-state index in [1.54, 1.807) is 30.6 Å². The van der Waals surface area contributed by atoms with Crippen LogP contribution in [0.15, 0.2) is 100 Å². The van der Waals surface area contributed by atoms with Crippen molar-refractivity contribution >= 4 is 16.9 Å². The summed E-state index contributed by atoms with van der Waals surface area (Å²) in [7, 11) is 0. The molecule has 0 spiro atoms. The number of aromatic nitrogens is 2. The lowest BCUT2D eigenvalue weighted by atomic mass is 10.0. The zero-order chi connectivity index (χ0) is 20.3. The van der Waals surface area contributed by atoms with Gasteiger partial charge in [-0.3, -0.25) is 9.78 Å². The van der Waals surface area contributed by atoms with Crippen molar-refractivity contribution in [3.63, 3.8) is 0 Å². The maximum Gasteiger partial charge on any atom is 0.274 e. The van der Waals surface area contributed by atoms with Gasteiger partial charge in [-0.2, -0.15) is 0 Å². The summed E-state index contributed by atoms with van der Waals surface area (Å²) < 4.78 is 11.4. The summed E-state index contributed by atoms with van der Waals surface area (Å²) >= 11 is 0. The highest BCUT2D eigenvalue weighted by atomic mass is 16.5. The quantitative estimate of drug-likeness (QED) is 0.453. The normalized spacial score (nSPS) is 12.0. The molecule has 3 aromatic heterocycles. The van der Waals surface area contributed by atoms with E-state index in [-0.39, 0.29) is 11.6 Å². The molecule has 5 aromatic rings. The van der Waals surface area contributed by atoms with Gasteiger partial charge in [0, 0.05) is 29.4 Å². The molecular formula is C24H17N3O3. The zero-order valence-corrected chi connectivity index (χ0v) is 15.9. The summed E-state index contributed by atoms with van der Waals surface area (Å²) in [5.41, 5.74) is 2.67. The molecule has 146 valence electrons. The minimum Gasteiger partial charge on any atom is -0.459 e. The number of carbonyl (C=O) groups is 1. The van der Waals surface area contributed by atoms with Crippen molar-refractivity contribution in [2.45, 2.75) is 6.04 Å². The largest absolute Gasteiger partial charge is 0.459 e. The molecule has 3 heterocycles. The van der Waals surface area contributed by atoms with Crippen molar-refractivity contribution in [1.82, 2.24) is 15.5 Å². The van der Waals surface area contributed by atoms with Gasteiger partial charge in [-0.1, -0.05) is 53.7 Å². The number of furan rings is 1. The molecule has 0 aliphatic heterocycles. The van der Waals surface area contributed by atoms with Crippen LogP contribution in [-0.4, -0.2) is 16.0 Å². The Bertz CT molecular complexity index is 1260. The van der Waals surface area contributed by atoms with Gasteiger partial charge < -0.3 is 14.3 Å².